The number of nitrogens with one attached hydrogen (secondary N) is 2. The van der Waals surface area contributed by atoms with Gasteiger partial charge in [0, 0.05) is 24.2 Å². The minimum Gasteiger partial charge on any atom is -0.337 e. The lowest BCUT2D eigenvalue weighted by atomic mass is 9.80. The molecule has 0 atom stereocenters. The largest absolute Gasteiger partial charge is 0.348 e. The van der Waals surface area contributed by atoms with E-state index in [0.29, 0.717) is 17.9 Å². The van der Waals surface area contributed by atoms with Gasteiger partial charge in [-0.25, -0.2) is 15.3 Å². The number of rotatable bonds is 2. The van der Waals surface area contributed by atoms with E-state index in [1.165, 1.54) is 0 Å². The zero-order valence-corrected chi connectivity index (χ0v) is 14.6. The normalized spacial score (nSPS) is 21.6. The van der Waals surface area contributed by atoms with E-state index in [0.717, 1.165) is 24.2 Å². The average molecular weight is 306 g/mol. The third-order valence-corrected chi connectivity index (χ3v) is 3.91. The Balaban J connectivity index is 2.11. The van der Waals surface area contributed by atoms with Crippen molar-refractivity contribution in [3.63, 3.8) is 0 Å². The van der Waals surface area contributed by atoms with E-state index in [9.17, 15) is 0 Å². The van der Waals surface area contributed by atoms with Crippen LogP contribution in [0.2, 0.25) is 0 Å². The maximum Gasteiger partial charge on any atom is 0.348 e. The quantitative estimate of drug-likeness (QED) is 0.424. The van der Waals surface area contributed by atoms with Crippen LogP contribution in [-0.4, -0.2) is 33.0 Å². The molecule has 1 aromatic heterocycles. The summed E-state index contributed by atoms with van der Waals surface area (Å²) in [6, 6.07) is 2.28. The molecule has 0 spiro atoms. The van der Waals surface area contributed by atoms with Crippen molar-refractivity contribution in [2.45, 2.75) is 71.5 Å². The van der Waals surface area contributed by atoms with Gasteiger partial charge in [-0.2, -0.15) is 0 Å². The van der Waals surface area contributed by atoms with Crippen molar-refractivity contribution in [2.75, 3.05) is 5.32 Å². The van der Waals surface area contributed by atoms with Gasteiger partial charge < -0.3 is 5.32 Å². The molecule has 6 N–H and O–H groups in total. The molecular formula is C16H30N6+2. The van der Waals surface area contributed by atoms with E-state index in [-0.39, 0.29) is 11.1 Å². The molecular weight excluding hydrogens is 276 g/mol. The number of nitrogens with two attached hydrogens (primary N) is 2. The lowest BCUT2D eigenvalue weighted by molar-refractivity contribution is -0.798. The Bertz CT molecular complexity index is 540. The standard InChI is InChI=1S/C16H28N6/c1-10-7-11(2)19-14(18-10)21-13(17)20-12-8-15(3,4)22-16(5,6)9-12/h7,12,22H,8-9H2,1-6H3,(H3,17,18,19,20,21)/p+2. The minimum absolute atomic E-state index is 0.204. The monoisotopic (exact) mass is 306 g/mol. The molecule has 1 aliphatic heterocycles. The molecule has 1 fully saturated rings. The van der Waals surface area contributed by atoms with Crippen molar-refractivity contribution in [3.8, 4) is 0 Å². The summed E-state index contributed by atoms with van der Waals surface area (Å²) in [7, 11) is 0. The first-order chi connectivity index (χ1) is 10.0. The van der Waals surface area contributed by atoms with Crippen molar-refractivity contribution < 1.29 is 10.3 Å². The molecule has 1 saturated heterocycles. The fourth-order valence-electron chi connectivity index (χ4n) is 3.78. The lowest BCUT2D eigenvalue weighted by Gasteiger charge is -2.41. The van der Waals surface area contributed by atoms with E-state index < -0.39 is 0 Å². The van der Waals surface area contributed by atoms with E-state index >= 15 is 0 Å². The van der Waals surface area contributed by atoms with E-state index in [1.54, 1.807) is 0 Å². The highest BCUT2D eigenvalue weighted by Gasteiger charge is 2.42. The van der Waals surface area contributed by atoms with Crippen LogP contribution in [0.1, 0.15) is 51.9 Å². The van der Waals surface area contributed by atoms with Gasteiger partial charge in [-0.1, -0.05) is 0 Å². The molecule has 0 saturated carbocycles. The Morgan fingerprint density at radius 3 is 2.18 bits per heavy atom. The smallest absolute Gasteiger partial charge is 0.337 e. The number of quaternary nitrogens is 1. The van der Waals surface area contributed by atoms with Crippen LogP contribution in [-0.2, 0) is 0 Å². The van der Waals surface area contributed by atoms with E-state index in [1.807, 2.05) is 19.9 Å². The van der Waals surface area contributed by atoms with Crippen molar-refractivity contribution in [3.05, 3.63) is 17.5 Å². The number of anilines is 1. The second kappa shape index (κ2) is 5.83. The molecule has 2 rings (SSSR count). The third-order valence-electron chi connectivity index (χ3n) is 3.91. The Hall–Kier alpha value is -1.69. The molecule has 0 aliphatic carbocycles. The van der Waals surface area contributed by atoms with Gasteiger partial charge in [-0.3, -0.25) is 10.7 Å². The van der Waals surface area contributed by atoms with Gasteiger partial charge in [0.15, 0.2) is 0 Å². The average Bonchev–Trinajstić information content (AvgIpc) is 2.21. The summed E-state index contributed by atoms with van der Waals surface area (Å²) < 4.78 is 0. The molecule has 1 aliphatic rings. The molecule has 0 bridgehead atoms. The maximum absolute atomic E-state index is 6.12. The van der Waals surface area contributed by atoms with Gasteiger partial charge in [0.25, 0.3) is 5.95 Å². The molecule has 6 heteroatoms. The Labute approximate surface area is 133 Å². The summed E-state index contributed by atoms with van der Waals surface area (Å²) in [6.07, 6.45) is 2.12. The van der Waals surface area contributed by atoms with Crippen LogP contribution in [0.25, 0.3) is 0 Å². The number of hydrogen-bond acceptors (Lipinski definition) is 2. The van der Waals surface area contributed by atoms with Crippen LogP contribution in [0.3, 0.4) is 0 Å². The summed E-state index contributed by atoms with van der Waals surface area (Å²) in [6.45, 7) is 13.0. The van der Waals surface area contributed by atoms with Gasteiger partial charge in [0.2, 0.25) is 0 Å². The third kappa shape index (κ3) is 4.66. The summed E-state index contributed by atoms with van der Waals surface area (Å²) >= 11 is 0. The SMILES string of the molecule is Cc1cc(C)nc(NC(N)=[NH+]C2CC(C)(C)[NH2+]C(C)(C)C2)n1. The van der Waals surface area contributed by atoms with Gasteiger partial charge >= 0.3 is 5.96 Å². The van der Waals surface area contributed by atoms with E-state index in [2.05, 4.69) is 53.3 Å². The highest BCUT2D eigenvalue weighted by atomic mass is 15.2. The first kappa shape index (κ1) is 16.7. The van der Waals surface area contributed by atoms with Gasteiger partial charge in [-0.05, 0) is 47.6 Å². The van der Waals surface area contributed by atoms with Crippen LogP contribution in [0.15, 0.2) is 6.07 Å². The fraction of sp³-hybridized carbons (Fsp3) is 0.688. The Morgan fingerprint density at radius 2 is 1.68 bits per heavy atom. The van der Waals surface area contributed by atoms with Crippen LogP contribution in [0, 0.1) is 13.8 Å². The Kier molecular flexibility index (Phi) is 4.42. The minimum atomic E-state index is 0.204. The maximum atomic E-state index is 6.12. The predicted molar refractivity (Wildman–Crippen MR) is 88.4 cm³/mol. The fourth-order valence-corrected chi connectivity index (χ4v) is 3.78. The van der Waals surface area contributed by atoms with Crippen LogP contribution < -0.4 is 21.4 Å². The summed E-state index contributed by atoms with van der Waals surface area (Å²) in [4.78, 5) is 12.1. The zero-order valence-electron chi connectivity index (χ0n) is 14.6. The molecule has 0 aromatic carbocycles. The highest BCUT2D eigenvalue weighted by molar-refractivity contribution is 5.85. The molecule has 0 radical (unpaired) electrons. The zero-order chi connectivity index (χ0) is 16.5. The predicted octanol–water partition coefficient (Wildman–Crippen LogP) is -0.816. The van der Waals surface area contributed by atoms with Gasteiger partial charge in [0.1, 0.15) is 0 Å². The molecule has 0 unspecified atom stereocenters. The molecule has 6 nitrogen and oxygen atoms in total. The summed E-state index contributed by atoms with van der Waals surface area (Å²) in [5.74, 6) is 1.06. The number of piperidine rings is 1. The Morgan fingerprint density at radius 1 is 1.18 bits per heavy atom. The van der Waals surface area contributed by atoms with Crippen molar-refractivity contribution in [2.24, 2.45) is 5.73 Å². The van der Waals surface area contributed by atoms with Gasteiger partial charge in [-0.15, -0.1) is 0 Å². The summed E-state index contributed by atoms with van der Waals surface area (Å²) in [5.41, 5.74) is 8.38. The van der Waals surface area contributed by atoms with Crippen LogP contribution in [0.4, 0.5) is 5.95 Å². The first-order valence-corrected chi connectivity index (χ1v) is 7.90. The second-order valence-electron chi connectivity index (χ2n) is 7.88. The summed E-state index contributed by atoms with van der Waals surface area (Å²) in [5, 5.41) is 5.53. The second-order valence-corrected chi connectivity index (χ2v) is 7.88. The number of aryl methyl sites for hydroxylation is 2. The van der Waals surface area contributed by atoms with Crippen molar-refractivity contribution >= 4 is 11.9 Å². The van der Waals surface area contributed by atoms with Crippen LogP contribution >= 0.6 is 0 Å². The molecule has 22 heavy (non-hydrogen) atoms. The molecule has 1 aromatic rings. The van der Waals surface area contributed by atoms with Crippen molar-refractivity contribution in [1.29, 1.82) is 0 Å². The highest BCUT2D eigenvalue weighted by Crippen LogP contribution is 2.19. The number of nitrogens with zero attached hydrogens (tertiary/aromatic N) is 2. The first-order valence-electron chi connectivity index (χ1n) is 7.90. The number of hydrogen-bond donors (Lipinski definition) is 4. The lowest BCUT2D eigenvalue weighted by Crippen LogP contribution is -3.08. The number of guanidine groups is 1. The molecule has 122 valence electrons. The molecule has 2 heterocycles. The molecule has 0 amide bonds. The van der Waals surface area contributed by atoms with Gasteiger partial charge in [0.05, 0.1) is 17.1 Å². The topological polar surface area (TPSA) is 94.4 Å². The van der Waals surface area contributed by atoms with Crippen LogP contribution in [0.5, 0.6) is 0 Å². The van der Waals surface area contributed by atoms with E-state index in [4.69, 9.17) is 5.73 Å². The number of aromatic nitrogens is 2. The van der Waals surface area contributed by atoms with Crippen molar-refractivity contribution in [1.82, 2.24) is 9.97 Å².